The third-order valence-corrected chi connectivity index (χ3v) is 17.4. The lowest BCUT2D eigenvalue weighted by atomic mass is 9.83. The molecule has 0 aliphatic carbocycles. The van der Waals surface area contributed by atoms with Crippen molar-refractivity contribution in [1.82, 2.24) is 4.98 Å². The van der Waals surface area contributed by atoms with Gasteiger partial charge in [0.15, 0.2) is 11.4 Å². The summed E-state index contributed by atoms with van der Waals surface area (Å²) in [7, 11) is 4.08. The number of hydrogen-bond acceptors (Lipinski definition) is 5. The highest BCUT2D eigenvalue weighted by atomic mass is 15.6. The number of hydrogen-bond donors (Lipinski definition) is 0. The molecule has 0 spiro atoms. The van der Waals surface area contributed by atoms with E-state index in [1.165, 1.54) is 145 Å². The van der Waals surface area contributed by atoms with Crippen LogP contribution in [0.1, 0.15) is 124 Å². The predicted octanol–water partition coefficient (Wildman–Crippen LogP) is 19.9. The first-order valence-electron chi connectivity index (χ1n) is 29.7. The van der Waals surface area contributed by atoms with E-state index in [1.54, 1.807) is 0 Å². The molecule has 7 heteroatoms. The molecule has 0 saturated heterocycles. The normalized spacial score (nSPS) is 15.1. The first-order chi connectivity index (χ1) is 39.8. The minimum atomic E-state index is -0.411. The molecule has 0 amide bonds. The molecule has 3 heterocycles. The molecule has 4 radical (unpaired) electrons. The molecule has 9 aromatic rings. The van der Waals surface area contributed by atoms with Crippen molar-refractivity contribution >= 4 is 11.4 Å². The maximum absolute atomic E-state index is 5.55. The zero-order valence-corrected chi connectivity index (χ0v) is 53.3. The number of benzene rings is 8. The van der Waals surface area contributed by atoms with Crippen LogP contribution in [0.15, 0.2) is 126 Å². The highest BCUT2D eigenvalue weighted by Gasteiger charge is 2.44. The van der Waals surface area contributed by atoms with Gasteiger partial charge in [-0.05, 0) is 272 Å². The van der Waals surface area contributed by atoms with Gasteiger partial charge in [-0.15, -0.1) is 10.0 Å². The van der Waals surface area contributed by atoms with Gasteiger partial charge in [-0.2, -0.15) is 9.39 Å². The molecule has 1 aromatic heterocycles. The summed E-state index contributed by atoms with van der Waals surface area (Å²) in [4.78, 5) is 5.55. The molecule has 8 aromatic carbocycles. The predicted molar refractivity (Wildman–Crippen MR) is 349 cm³/mol. The van der Waals surface area contributed by atoms with E-state index in [1.807, 2.05) is 33.5 Å². The van der Waals surface area contributed by atoms with Crippen molar-refractivity contribution in [3.8, 4) is 66.8 Å². The number of rotatable bonds is 10. The Morgan fingerprint density at radius 1 is 0.310 bits per heavy atom. The summed E-state index contributed by atoms with van der Waals surface area (Å²) in [5.41, 5.74) is 40.1. The van der Waals surface area contributed by atoms with Gasteiger partial charge < -0.3 is 0 Å². The van der Waals surface area contributed by atoms with E-state index in [2.05, 4.69) is 253 Å². The van der Waals surface area contributed by atoms with Crippen LogP contribution in [0.3, 0.4) is 0 Å². The molecule has 0 N–H and O–H groups in total. The molecule has 2 aliphatic heterocycles. The van der Waals surface area contributed by atoms with Gasteiger partial charge in [0.25, 0.3) is 13.1 Å². The molecule has 422 valence electrons. The number of aromatic nitrogens is 1. The van der Waals surface area contributed by atoms with Crippen LogP contribution in [0.5, 0.6) is 0 Å². The molecule has 2 atom stereocenters. The van der Waals surface area contributed by atoms with Gasteiger partial charge in [-0.1, -0.05) is 112 Å². The molecule has 2 aliphatic rings. The first-order valence-corrected chi connectivity index (χ1v) is 29.7. The van der Waals surface area contributed by atoms with Crippen molar-refractivity contribution in [2.45, 2.75) is 137 Å². The fraction of sp³-hybridized carbons (Fsp3) is 0.286. The molecule has 11 rings (SSSR count). The van der Waals surface area contributed by atoms with E-state index >= 15 is 0 Å². The smallest absolute Gasteiger partial charge is 0.248 e. The highest BCUT2D eigenvalue weighted by molar-refractivity contribution is 6.00. The van der Waals surface area contributed by atoms with Gasteiger partial charge >= 0.3 is 0 Å². The van der Waals surface area contributed by atoms with Gasteiger partial charge in [-0.3, -0.25) is 0 Å². The summed E-state index contributed by atoms with van der Waals surface area (Å²) < 4.78 is 4.01. The fourth-order valence-electron chi connectivity index (χ4n) is 14.8. The number of likely N-dealkylation sites (N-methyl/N-ethyl adjacent to an activating group) is 2. The summed E-state index contributed by atoms with van der Waals surface area (Å²) in [6.07, 6.45) is 0. The van der Waals surface area contributed by atoms with E-state index < -0.39 is 12.1 Å². The van der Waals surface area contributed by atoms with Crippen LogP contribution >= 0.6 is 0 Å². The lowest BCUT2D eigenvalue weighted by molar-refractivity contribution is -0.592. The van der Waals surface area contributed by atoms with Gasteiger partial charge in [0.1, 0.15) is 0 Å². The molecule has 2 unspecified atom stereocenters. The standard InChI is InChI=1S/C77H81N7/c1-42-24-48(7)70(49(8)25-42)60-36-62(72-52(11)28-44(3)29-53(72)12)76(63(37-60)73-54(13)30-45(4)31-55(73)14)83-40-68(81(19)79-83)66-22-21-23-67(78-66)69-41-84(80-82(69)20)77-64(74-56(15)32-46(5)33-57(74)16)38-61(71-50(9)26-43(2)27-51(71)10)39-65(77)75-58(17)34-47(6)35-59(75)18/h21-39,68-69H,1-20H3/q+2. The second-order valence-corrected chi connectivity index (χ2v) is 25.0. The van der Waals surface area contributed by atoms with Crippen molar-refractivity contribution < 1.29 is 9.39 Å². The Balaban J connectivity index is 1.04. The third kappa shape index (κ3) is 10.4. The SMILES string of the molecule is Cc1cc(C)c(-c2cc(-c3c(C)cc(C)cc3C)c(N3[C]C(c4cccc(C5[C]N(c6c(-c7c(C)cc(C)cc7C)cc(-c7c(C)cc(C)cc7C)cc6-c6c(C)cc(C)cc6C)N=[N+]5C)n4)[N+](C)=N3)c(-c3c(C)cc(C)cc3C)c2)c(C)c1. The van der Waals surface area contributed by atoms with Gasteiger partial charge in [0.2, 0.25) is 12.1 Å². The quantitative estimate of drug-likeness (QED) is 0.128. The number of aryl methyl sites for hydroxylation is 18. The zero-order chi connectivity index (χ0) is 60.1. The van der Waals surface area contributed by atoms with Crippen LogP contribution in [0.25, 0.3) is 66.8 Å². The first kappa shape index (κ1) is 57.5. The molecule has 0 saturated carbocycles. The maximum atomic E-state index is 5.55. The van der Waals surface area contributed by atoms with Crippen molar-refractivity contribution in [2.24, 2.45) is 10.4 Å². The molecular formula is C77H81N7+2. The second-order valence-electron chi connectivity index (χ2n) is 25.0. The van der Waals surface area contributed by atoms with Crippen molar-refractivity contribution in [3.05, 3.63) is 240 Å². The zero-order valence-electron chi connectivity index (χ0n) is 53.3. The minimum absolute atomic E-state index is 0.411. The Labute approximate surface area is 501 Å². The summed E-state index contributed by atoms with van der Waals surface area (Å²) in [5.74, 6) is 0. The molecule has 0 fully saturated rings. The fourth-order valence-corrected chi connectivity index (χ4v) is 14.8. The molecular weight excluding hydrogens is 1020 g/mol. The van der Waals surface area contributed by atoms with Crippen LogP contribution in [-0.2, 0) is 0 Å². The monoisotopic (exact) mass is 1100 g/mol. The van der Waals surface area contributed by atoms with Gasteiger partial charge in [-0.25, -0.2) is 4.98 Å². The van der Waals surface area contributed by atoms with E-state index in [4.69, 9.17) is 15.4 Å². The van der Waals surface area contributed by atoms with Crippen molar-refractivity contribution in [3.63, 3.8) is 0 Å². The van der Waals surface area contributed by atoms with Crippen LogP contribution in [0.2, 0.25) is 0 Å². The summed E-state index contributed by atoms with van der Waals surface area (Å²) in [5, 5.41) is 14.9. The lowest BCUT2D eigenvalue weighted by Gasteiger charge is -2.23. The van der Waals surface area contributed by atoms with Crippen LogP contribution in [0.4, 0.5) is 11.4 Å². The maximum Gasteiger partial charge on any atom is 0.290 e. The van der Waals surface area contributed by atoms with Crippen LogP contribution in [0, 0.1) is 138 Å². The average Bonchev–Trinajstić information content (AvgIpc) is 3.71. The third-order valence-electron chi connectivity index (χ3n) is 17.4. The highest BCUT2D eigenvalue weighted by Crippen LogP contribution is 2.52. The lowest BCUT2D eigenvalue weighted by Crippen LogP contribution is -2.18. The summed E-state index contributed by atoms with van der Waals surface area (Å²) in [6.45, 7) is 47.9. The van der Waals surface area contributed by atoms with Gasteiger partial charge in [0.05, 0.1) is 35.9 Å². The number of nitrogens with zero attached hydrogens (tertiary/aromatic N) is 7. The van der Waals surface area contributed by atoms with Crippen LogP contribution < -0.4 is 10.0 Å². The average molecular weight is 1100 g/mol. The molecule has 0 bridgehead atoms. The summed E-state index contributed by atoms with van der Waals surface area (Å²) in [6, 6.07) is 42.8. The Morgan fingerprint density at radius 3 is 0.750 bits per heavy atom. The van der Waals surface area contributed by atoms with Gasteiger partial charge in [0, 0.05) is 22.3 Å². The largest absolute Gasteiger partial charge is 0.290 e. The van der Waals surface area contributed by atoms with E-state index in [0.717, 1.165) is 45.0 Å². The Hall–Kier alpha value is -8.29. The molecule has 84 heavy (non-hydrogen) atoms. The second kappa shape index (κ2) is 22.0. The Kier molecular flexibility index (Phi) is 15.1. The van der Waals surface area contributed by atoms with E-state index in [-0.39, 0.29) is 0 Å². The molecule has 7 nitrogen and oxygen atoms in total. The minimum Gasteiger partial charge on any atom is -0.248 e. The number of anilines is 2. The van der Waals surface area contributed by atoms with Crippen LogP contribution in [-0.4, -0.2) is 28.5 Å². The topological polar surface area (TPSA) is 50.1 Å². The Bertz CT molecular complexity index is 3720. The number of pyridine rings is 1. The van der Waals surface area contributed by atoms with E-state index in [9.17, 15) is 0 Å². The summed E-state index contributed by atoms with van der Waals surface area (Å²) >= 11 is 0. The Morgan fingerprint density at radius 2 is 0.524 bits per heavy atom. The van der Waals surface area contributed by atoms with Crippen molar-refractivity contribution in [1.29, 1.82) is 0 Å². The van der Waals surface area contributed by atoms with Crippen molar-refractivity contribution in [2.75, 3.05) is 24.1 Å². The van der Waals surface area contributed by atoms with E-state index in [0.29, 0.717) is 0 Å².